The van der Waals surface area contributed by atoms with Crippen LogP contribution in [0.1, 0.15) is 117 Å². The Morgan fingerprint density at radius 3 is 1.81 bits per heavy atom. The largest absolute Gasteiger partial charge is 0.394 e. The molecule has 1 rings (SSSR count). The van der Waals surface area contributed by atoms with Crippen molar-refractivity contribution in [2.24, 2.45) is 5.92 Å². The molecule has 0 bridgehead atoms. The molecule has 47 heavy (non-hydrogen) atoms. The van der Waals surface area contributed by atoms with Crippen molar-refractivity contribution in [2.75, 3.05) is 46.1 Å². The zero-order chi connectivity index (χ0) is 34.7. The molecule has 13 nitrogen and oxygen atoms in total. The van der Waals surface area contributed by atoms with E-state index in [2.05, 4.69) is 16.0 Å². The van der Waals surface area contributed by atoms with Crippen LogP contribution in [-0.2, 0) is 33.4 Å². The molecule has 1 saturated heterocycles. The van der Waals surface area contributed by atoms with E-state index in [-0.39, 0.29) is 43.1 Å². The molecule has 0 aromatic rings. The molecule has 1 heterocycles. The third kappa shape index (κ3) is 22.9. The summed E-state index contributed by atoms with van der Waals surface area (Å²) < 4.78 is 16.4. The average molecular weight is 674 g/mol. The second kappa shape index (κ2) is 27.8. The van der Waals surface area contributed by atoms with Crippen LogP contribution in [0.3, 0.4) is 0 Å². The molecule has 3 amide bonds. The number of aliphatic hydroxyl groups is 3. The summed E-state index contributed by atoms with van der Waals surface area (Å²) in [6, 6.07) is 0. The molecule has 1 fully saturated rings. The van der Waals surface area contributed by atoms with E-state index in [4.69, 9.17) is 14.2 Å². The maximum absolute atomic E-state index is 12.0. The molecule has 1 aliphatic rings. The second-order valence-electron chi connectivity index (χ2n) is 12.6. The predicted octanol–water partition coefficient (Wildman–Crippen LogP) is 2.27. The molecular weight excluding hydrogens is 610 g/mol. The fourth-order valence-corrected chi connectivity index (χ4v) is 5.05. The van der Waals surface area contributed by atoms with E-state index < -0.39 is 31.2 Å². The van der Waals surface area contributed by atoms with Crippen molar-refractivity contribution in [2.45, 2.75) is 141 Å². The van der Waals surface area contributed by atoms with Crippen LogP contribution in [0.5, 0.6) is 0 Å². The fourth-order valence-electron chi connectivity index (χ4n) is 5.05. The summed E-state index contributed by atoms with van der Waals surface area (Å²) in [5, 5.41) is 37.2. The van der Waals surface area contributed by atoms with E-state index in [9.17, 15) is 34.5 Å². The Morgan fingerprint density at radius 2 is 1.21 bits per heavy atom. The Kier molecular flexibility index (Phi) is 25.3. The number of hydrogen-bond acceptors (Lipinski definition) is 10. The van der Waals surface area contributed by atoms with Crippen LogP contribution in [0, 0.1) is 5.92 Å². The molecule has 0 aliphatic carbocycles. The van der Waals surface area contributed by atoms with Crippen LogP contribution in [0.25, 0.3) is 0 Å². The van der Waals surface area contributed by atoms with Crippen LogP contribution >= 0.6 is 0 Å². The lowest BCUT2D eigenvalue weighted by Crippen LogP contribution is -2.50. The summed E-state index contributed by atoms with van der Waals surface area (Å²) in [4.78, 5) is 47.5. The predicted molar refractivity (Wildman–Crippen MR) is 177 cm³/mol. The van der Waals surface area contributed by atoms with E-state index in [0.717, 1.165) is 32.1 Å². The van der Waals surface area contributed by atoms with Gasteiger partial charge >= 0.3 is 0 Å². The van der Waals surface area contributed by atoms with E-state index in [1.807, 2.05) is 13.8 Å². The Hall–Kier alpha value is -2.16. The summed E-state index contributed by atoms with van der Waals surface area (Å²) in [6.45, 7) is 5.77. The molecule has 0 saturated carbocycles. The highest BCUT2D eigenvalue weighted by atomic mass is 16.7. The number of rotatable bonds is 29. The Bertz CT molecular complexity index is 860. The highest BCUT2D eigenvalue weighted by molar-refractivity contribution is 5.80. The second-order valence-corrected chi connectivity index (χ2v) is 12.6. The average Bonchev–Trinajstić information content (AvgIpc) is 3.04. The SMILES string of the molecule is CC(C)C(=O)CCCCCCCCCCC(=O)NCCOCCC(=O)NCCCNC(=O)CCCCO[C@H]1C[C@@H](O)[C@@H](O)[C@@H](CO)O1. The number of ether oxygens (including phenoxy) is 3. The highest BCUT2D eigenvalue weighted by Crippen LogP contribution is 2.21. The fraction of sp³-hybridized carbons (Fsp3) is 0.882. The first-order chi connectivity index (χ1) is 22.6. The van der Waals surface area contributed by atoms with Crippen LogP contribution in [0.2, 0.25) is 0 Å². The monoisotopic (exact) mass is 673 g/mol. The zero-order valence-corrected chi connectivity index (χ0v) is 28.8. The number of hydrogen-bond donors (Lipinski definition) is 6. The van der Waals surface area contributed by atoms with E-state index in [1.165, 1.54) is 19.3 Å². The van der Waals surface area contributed by atoms with Crippen molar-refractivity contribution >= 4 is 23.5 Å². The van der Waals surface area contributed by atoms with Gasteiger partial charge in [-0.05, 0) is 32.1 Å². The summed E-state index contributed by atoms with van der Waals surface area (Å²) in [5.74, 6) is 0.312. The first-order valence-electron chi connectivity index (χ1n) is 17.8. The maximum atomic E-state index is 12.0. The number of unbranched alkanes of at least 4 members (excludes halogenated alkanes) is 8. The van der Waals surface area contributed by atoms with E-state index in [0.29, 0.717) is 77.2 Å². The van der Waals surface area contributed by atoms with Gasteiger partial charge in [0.1, 0.15) is 18.0 Å². The minimum absolute atomic E-state index is 0.0216. The number of carbonyl (C=O) groups is 4. The van der Waals surface area contributed by atoms with Gasteiger partial charge < -0.3 is 45.5 Å². The molecule has 1 aliphatic heterocycles. The molecule has 4 atom stereocenters. The third-order valence-corrected chi connectivity index (χ3v) is 8.08. The molecular formula is C34H63N3O10. The van der Waals surface area contributed by atoms with Gasteiger partial charge in [-0.2, -0.15) is 0 Å². The number of Topliss-reactive ketones (excluding diaryl/α,β-unsaturated/α-hetero) is 1. The number of nitrogens with one attached hydrogen (secondary N) is 3. The molecule has 0 aromatic heterocycles. The Morgan fingerprint density at radius 1 is 0.681 bits per heavy atom. The Balaban J connectivity index is 1.84. The first kappa shape index (κ1) is 42.9. The van der Waals surface area contributed by atoms with Crippen LogP contribution in [0.15, 0.2) is 0 Å². The van der Waals surface area contributed by atoms with Crippen LogP contribution in [0.4, 0.5) is 0 Å². The van der Waals surface area contributed by atoms with Gasteiger partial charge in [0, 0.05) is 64.3 Å². The first-order valence-corrected chi connectivity index (χ1v) is 17.8. The van der Waals surface area contributed by atoms with Crippen molar-refractivity contribution in [3.05, 3.63) is 0 Å². The minimum atomic E-state index is -1.14. The molecule has 6 N–H and O–H groups in total. The summed E-state index contributed by atoms with van der Waals surface area (Å²) in [6.07, 6.45) is 8.67. The van der Waals surface area contributed by atoms with Gasteiger partial charge in [0.15, 0.2) is 6.29 Å². The van der Waals surface area contributed by atoms with Crippen LogP contribution < -0.4 is 16.0 Å². The van der Waals surface area contributed by atoms with Gasteiger partial charge in [0.25, 0.3) is 0 Å². The molecule has 0 spiro atoms. The Labute approximate surface area is 281 Å². The van der Waals surface area contributed by atoms with Crippen molar-refractivity contribution in [3.8, 4) is 0 Å². The van der Waals surface area contributed by atoms with E-state index in [1.54, 1.807) is 0 Å². The van der Waals surface area contributed by atoms with Crippen molar-refractivity contribution in [3.63, 3.8) is 0 Å². The quantitative estimate of drug-likeness (QED) is 0.0642. The molecule has 13 heteroatoms. The standard InChI is InChI=1S/C34H63N3O10/c1-26(2)27(39)14-9-7-5-3-4-6-8-10-15-31(42)37-20-23-45-22-17-32(43)36-19-13-18-35-30(41)16-11-12-21-46-33-24-28(40)34(44)29(25-38)47-33/h26,28-29,33-34,38,40,44H,3-25H2,1-2H3,(H,35,41)(H,36,43)(H,37,42)/t28-,29-,33-,34-/m1/s1. The molecule has 0 unspecified atom stereocenters. The van der Waals surface area contributed by atoms with Gasteiger partial charge in [-0.1, -0.05) is 52.4 Å². The van der Waals surface area contributed by atoms with Gasteiger partial charge in [-0.3, -0.25) is 19.2 Å². The normalized spacial score (nSPS) is 19.4. The van der Waals surface area contributed by atoms with Crippen molar-refractivity contribution in [1.82, 2.24) is 16.0 Å². The van der Waals surface area contributed by atoms with E-state index >= 15 is 0 Å². The zero-order valence-electron chi connectivity index (χ0n) is 28.8. The van der Waals surface area contributed by atoms with Crippen molar-refractivity contribution < 1.29 is 48.7 Å². The third-order valence-electron chi connectivity index (χ3n) is 8.08. The number of carbonyl (C=O) groups excluding carboxylic acids is 4. The molecule has 0 radical (unpaired) electrons. The number of aliphatic hydroxyl groups excluding tert-OH is 3. The lowest BCUT2D eigenvalue weighted by atomic mass is 10.0. The lowest BCUT2D eigenvalue weighted by molar-refractivity contribution is -0.256. The smallest absolute Gasteiger partial charge is 0.222 e. The summed E-state index contributed by atoms with van der Waals surface area (Å²) in [7, 11) is 0. The number of amides is 3. The summed E-state index contributed by atoms with van der Waals surface area (Å²) >= 11 is 0. The van der Waals surface area contributed by atoms with Gasteiger partial charge in [-0.15, -0.1) is 0 Å². The molecule has 0 aromatic carbocycles. The maximum Gasteiger partial charge on any atom is 0.222 e. The summed E-state index contributed by atoms with van der Waals surface area (Å²) in [5.41, 5.74) is 0. The minimum Gasteiger partial charge on any atom is -0.394 e. The van der Waals surface area contributed by atoms with Crippen molar-refractivity contribution in [1.29, 1.82) is 0 Å². The number of ketones is 1. The lowest BCUT2D eigenvalue weighted by Gasteiger charge is -2.36. The molecule has 274 valence electrons. The van der Waals surface area contributed by atoms with Gasteiger partial charge in [0.2, 0.25) is 17.7 Å². The van der Waals surface area contributed by atoms with Crippen LogP contribution in [-0.4, -0.2) is 109 Å². The highest BCUT2D eigenvalue weighted by Gasteiger charge is 2.36. The topological polar surface area (TPSA) is 193 Å². The van der Waals surface area contributed by atoms with Gasteiger partial charge in [-0.25, -0.2) is 0 Å². The van der Waals surface area contributed by atoms with Gasteiger partial charge in [0.05, 0.1) is 25.9 Å².